The van der Waals surface area contributed by atoms with Gasteiger partial charge in [-0.3, -0.25) is 14.2 Å². The number of hydrogen-bond donors (Lipinski definition) is 1. The number of amides is 1. The molecule has 5 nitrogen and oxygen atoms in total. The number of nitrogens with one attached hydrogen (secondary N) is 1. The van der Waals surface area contributed by atoms with Gasteiger partial charge < -0.3 is 5.32 Å². The second-order valence-corrected chi connectivity index (χ2v) is 9.19. The second-order valence-electron chi connectivity index (χ2n) is 7.88. The Hall–Kier alpha value is -2.86. The van der Waals surface area contributed by atoms with Crippen molar-refractivity contribution in [2.45, 2.75) is 50.4 Å². The van der Waals surface area contributed by atoms with E-state index in [2.05, 4.69) is 48.4 Å². The van der Waals surface area contributed by atoms with Gasteiger partial charge in [-0.25, -0.2) is 4.98 Å². The molecule has 0 aliphatic carbocycles. The molecule has 1 unspecified atom stereocenters. The molecular formula is C25H29N3O2S. The SMILES string of the molecule is CC(=O)NCCc1ccc(C(=O)C(C)Sc2nccn2-c2ccc(C(C)C)cc2)cc1. The van der Waals surface area contributed by atoms with Crippen molar-refractivity contribution in [2.75, 3.05) is 6.54 Å². The molecule has 0 spiro atoms. The van der Waals surface area contributed by atoms with Crippen molar-refractivity contribution in [3.05, 3.63) is 77.6 Å². The lowest BCUT2D eigenvalue weighted by molar-refractivity contribution is -0.118. The van der Waals surface area contributed by atoms with Crippen LogP contribution in [0.1, 0.15) is 55.1 Å². The molecule has 3 aromatic rings. The zero-order chi connectivity index (χ0) is 22.4. The molecule has 0 radical (unpaired) electrons. The van der Waals surface area contributed by atoms with Gasteiger partial charge in [0.25, 0.3) is 0 Å². The molecule has 0 saturated heterocycles. The molecule has 1 N–H and O–H groups in total. The van der Waals surface area contributed by atoms with E-state index in [1.807, 2.05) is 42.0 Å². The van der Waals surface area contributed by atoms with Gasteiger partial charge in [0.15, 0.2) is 10.9 Å². The average Bonchev–Trinajstić information content (AvgIpc) is 3.21. The van der Waals surface area contributed by atoms with E-state index in [-0.39, 0.29) is 16.9 Å². The largest absolute Gasteiger partial charge is 0.356 e. The summed E-state index contributed by atoms with van der Waals surface area (Å²) in [5.74, 6) is 0.523. The Balaban J connectivity index is 1.65. The number of hydrogen-bond acceptors (Lipinski definition) is 4. The summed E-state index contributed by atoms with van der Waals surface area (Å²) in [5, 5.41) is 3.32. The molecule has 1 heterocycles. The summed E-state index contributed by atoms with van der Waals surface area (Å²) in [5.41, 5.74) is 4.10. The van der Waals surface area contributed by atoms with Crippen molar-refractivity contribution in [2.24, 2.45) is 0 Å². The molecule has 162 valence electrons. The summed E-state index contributed by atoms with van der Waals surface area (Å²) in [6, 6.07) is 16.1. The number of aromatic nitrogens is 2. The van der Waals surface area contributed by atoms with Crippen LogP contribution in [-0.4, -0.2) is 33.0 Å². The van der Waals surface area contributed by atoms with Crippen LogP contribution in [0, 0.1) is 0 Å². The van der Waals surface area contributed by atoms with Crippen LogP contribution < -0.4 is 5.32 Å². The third-order valence-electron chi connectivity index (χ3n) is 5.12. The van der Waals surface area contributed by atoms with Gasteiger partial charge in [0.2, 0.25) is 5.91 Å². The van der Waals surface area contributed by atoms with E-state index >= 15 is 0 Å². The van der Waals surface area contributed by atoms with Crippen LogP contribution >= 0.6 is 11.8 Å². The number of imidazole rings is 1. The first-order chi connectivity index (χ1) is 14.8. The summed E-state index contributed by atoms with van der Waals surface area (Å²) in [6.07, 6.45) is 4.43. The van der Waals surface area contributed by atoms with E-state index in [0.717, 1.165) is 22.8 Å². The standard InChI is InChI=1S/C25H29N3O2S/c1-17(2)21-9-11-23(12-10-21)28-16-15-27-25(28)31-18(3)24(30)22-7-5-20(6-8-22)13-14-26-19(4)29/h5-12,15-18H,13-14H2,1-4H3,(H,26,29). The smallest absolute Gasteiger partial charge is 0.216 e. The number of carbonyl (C=O) groups is 2. The molecule has 0 aliphatic heterocycles. The molecule has 6 heteroatoms. The van der Waals surface area contributed by atoms with Gasteiger partial charge in [0.1, 0.15) is 0 Å². The van der Waals surface area contributed by atoms with E-state index < -0.39 is 0 Å². The van der Waals surface area contributed by atoms with Crippen molar-refractivity contribution >= 4 is 23.5 Å². The summed E-state index contributed by atoms with van der Waals surface area (Å²) in [4.78, 5) is 28.4. The molecule has 1 aromatic heterocycles. The topological polar surface area (TPSA) is 64.0 Å². The lowest BCUT2D eigenvalue weighted by Crippen LogP contribution is -2.22. The molecule has 0 fully saturated rings. The summed E-state index contributed by atoms with van der Waals surface area (Å²) in [6.45, 7) is 8.37. The highest BCUT2D eigenvalue weighted by molar-refractivity contribution is 8.00. The number of benzene rings is 2. The zero-order valence-corrected chi connectivity index (χ0v) is 19.3. The van der Waals surface area contributed by atoms with Crippen LogP contribution in [0.25, 0.3) is 5.69 Å². The minimum Gasteiger partial charge on any atom is -0.356 e. The van der Waals surface area contributed by atoms with Crippen molar-refractivity contribution in [3.8, 4) is 5.69 Å². The van der Waals surface area contributed by atoms with E-state index in [0.29, 0.717) is 18.0 Å². The quantitative estimate of drug-likeness (QED) is 0.378. The van der Waals surface area contributed by atoms with E-state index in [1.165, 1.54) is 24.2 Å². The fourth-order valence-corrected chi connectivity index (χ4v) is 4.22. The molecule has 2 aromatic carbocycles. The van der Waals surface area contributed by atoms with Gasteiger partial charge in [-0.1, -0.05) is 62.0 Å². The Labute approximate surface area is 188 Å². The minimum atomic E-state index is -0.263. The normalized spacial score (nSPS) is 12.0. The summed E-state index contributed by atoms with van der Waals surface area (Å²) in [7, 11) is 0. The Bertz CT molecular complexity index is 1020. The predicted octanol–water partition coefficient (Wildman–Crippen LogP) is 5.04. The lowest BCUT2D eigenvalue weighted by atomic mass is 10.0. The van der Waals surface area contributed by atoms with Crippen molar-refractivity contribution < 1.29 is 9.59 Å². The number of rotatable bonds is 9. The molecule has 1 atom stereocenters. The maximum atomic E-state index is 12.9. The number of carbonyl (C=O) groups excluding carboxylic acids is 2. The van der Waals surface area contributed by atoms with Crippen molar-refractivity contribution in [1.82, 2.24) is 14.9 Å². The van der Waals surface area contributed by atoms with Crippen LogP contribution in [0.15, 0.2) is 66.1 Å². The molecule has 0 saturated carbocycles. The highest BCUT2D eigenvalue weighted by atomic mass is 32.2. The number of ketones is 1. The van der Waals surface area contributed by atoms with Crippen LogP contribution in [0.3, 0.4) is 0 Å². The molecule has 31 heavy (non-hydrogen) atoms. The zero-order valence-electron chi connectivity index (χ0n) is 18.5. The fourth-order valence-electron chi connectivity index (χ4n) is 3.26. The second kappa shape index (κ2) is 10.4. The number of nitrogens with zero attached hydrogens (tertiary/aromatic N) is 2. The number of Topliss-reactive ketones (excluding diaryl/α,β-unsaturated/α-hetero) is 1. The maximum absolute atomic E-state index is 12.9. The van der Waals surface area contributed by atoms with Crippen LogP contribution in [0.2, 0.25) is 0 Å². The van der Waals surface area contributed by atoms with E-state index in [4.69, 9.17) is 0 Å². The first-order valence-corrected chi connectivity index (χ1v) is 11.4. The average molecular weight is 436 g/mol. The molecule has 0 bridgehead atoms. The van der Waals surface area contributed by atoms with Gasteiger partial charge in [0, 0.05) is 37.1 Å². The Kier molecular flexibility index (Phi) is 7.69. The van der Waals surface area contributed by atoms with Gasteiger partial charge in [-0.05, 0) is 42.5 Å². The minimum absolute atomic E-state index is 0.0353. The van der Waals surface area contributed by atoms with Gasteiger partial charge in [-0.2, -0.15) is 0 Å². The fraction of sp³-hybridized carbons (Fsp3) is 0.320. The van der Waals surface area contributed by atoms with Gasteiger partial charge in [0.05, 0.1) is 5.25 Å². The highest BCUT2D eigenvalue weighted by Gasteiger charge is 2.19. The first kappa shape index (κ1) is 22.8. The van der Waals surface area contributed by atoms with E-state index in [1.54, 1.807) is 6.20 Å². The van der Waals surface area contributed by atoms with E-state index in [9.17, 15) is 9.59 Å². The summed E-state index contributed by atoms with van der Waals surface area (Å²) < 4.78 is 2.02. The van der Waals surface area contributed by atoms with Crippen LogP contribution in [-0.2, 0) is 11.2 Å². The Morgan fingerprint density at radius 3 is 2.32 bits per heavy atom. The lowest BCUT2D eigenvalue weighted by Gasteiger charge is -2.13. The summed E-state index contributed by atoms with van der Waals surface area (Å²) >= 11 is 1.46. The van der Waals surface area contributed by atoms with Crippen LogP contribution in [0.4, 0.5) is 0 Å². The molecule has 0 aliphatic rings. The monoisotopic (exact) mass is 435 g/mol. The highest BCUT2D eigenvalue weighted by Crippen LogP contribution is 2.27. The van der Waals surface area contributed by atoms with Crippen molar-refractivity contribution in [1.29, 1.82) is 0 Å². The molecule has 3 rings (SSSR count). The predicted molar refractivity (Wildman–Crippen MR) is 126 cm³/mol. The van der Waals surface area contributed by atoms with Gasteiger partial charge in [-0.15, -0.1) is 0 Å². The third kappa shape index (κ3) is 6.07. The molecular weight excluding hydrogens is 406 g/mol. The number of thioether (sulfide) groups is 1. The maximum Gasteiger partial charge on any atom is 0.216 e. The first-order valence-electron chi connectivity index (χ1n) is 10.5. The Morgan fingerprint density at radius 1 is 1.03 bits per heavy atom. The van der Waals surface area contributed by atoms with Gasteiger partial charge >= 0.3 is 0 Å². The Morgan fingerprint density at radius 2 is 1.71 bits per heavy atom. The molecule has 1 amide bonds. The third-order valence-corrected chi connectivity index (χ3v) is 6.20. The van der Waals surface area contributed by atoms with Crippen LogP contribution in [0.5, 0.6) is 0 Å². The van der Waals surface area contributed by atoms with Crippen molar-refractivity contribution in [3.63, 3.8) is 0 Å².